The highest BCUT2D eigenvalue weighted by Gasteiger charge is 2.19. The standard InChI is InChI=1S/C12H16N4O2S/c1-10-4-11(6-13-5-10)8-16-9-12(7-14-16)19(17,18)15(2)3/h4-7,9H,8H2,1-3H3. The zero-order chi connectivity index (χ0) is 14.0. The van der Waals surface area contributed by atoms with E-state index in [1.165, 1.54) is 30.8 Å². The van der Waals surface area contributed by atoms with Gasteiger partial charge < -0.3 is 0 Å². The molecule has 0 spiro atoms. The maximum atomic E-state index is 11.9. The van der Waals surface area contributed by atoms with Gasteiger partial charge in [-0.05, 0) is 18.1 Å². The smallest absolute Gasteiger partial charge is 0.245 e. The summed E-state index contributed by atoms with van der Waals surface area (Å²) in [4.78, 5) is 4.29. The number of hydrogen-bond acceptors (Lipinski definition) is 4. The molecule has 0 radical (unpaired) electrons. The Morgan fingerprint density at radius 3 is 2.63 bits per heavy atom. The van der Waals surface area contributed by atoms with Gasteiger partial charge in [0.2, 0.25) is 10.0 Å². The molecular weight excluding hydrogens is 264 g/mol. The molecule has 0 aliphatic carbocycles. The summed E-state index contributed by atoms with van der Waals surface area (Å²) in [5.41, 5.74) is 2.04. The maximum Gasteiger partial charge on any atom is 0.245 e. The van der Waals surface area contributed by atoms with E-state index < -0.39 is 10.0 Å². The number of nitrogens with zero attached hydrogens (tertiary/aromatic N) is 4. The van der Waals surface area contributed by atoms with E-state index in [9.17, 15) is 8.42 Å². The van der Waals surface area contributed by atoms with Gasteiger partial charge in [0.15, 0.2) is 0 Å². The van der Waals surface area contributed by atoms with Crippen molar-refractivity contribution in [2.45, 2.75) is 18.4 Å². The van der Waals surface area contributed by atoms with E-state index in [-0.39, 0.29) is 4.90 Å². The predicted molar refractivity (Wildman–Crippen MR) is 71.2 cm³/mol. The van der Waals surface area contributed by atoms with Gasteiger partial charge in [0.1, 0.15) is 4.90 Å². The average Bonchev–Trinajstić information content (AvgIpc) is 2.78. The van der Waals surface area contributed by atoms with Crippen LogP contribution >= 0.6 is 0 Å². The molecule has 0 aliphatic heterocycles. The van der Waals surface area contributed by atoms with Crippen molar-refractivity contribution in [3.05, 3.63) is 42.0 Å². The first-order valence-corrected chi connectivity index (χ1v) is 7.19. The summed E-state index contributed by atoms with van der Waals surface area (Å²) in [6, 6.07) is 1.99. The Kier molecular flexibility index (Phi) is 3.68. The second kappa shape index (κ2) is 5.10. The van der Waals surface area contributed by atoms with Crippen molar-refractivity contribution in [3.8, 4) is 0 Å². The number of aromatic nitrogens is 3. The molecule has 2 aromatic rings. The zero-order valence-corrected chi connectivity index (χ0v) is 11.9. The van der Waals surface area contributed by atoms with Gasteiger partial charge in [-0.3, -0.25) is 9.67 Å². The minimum absolute atomic E-state index is 0.193. The van der Waals surface area contributed by atoms with Crippen molar-refractivity contribution in [3.63, 3.8) is 0 Å². The van der Waals surface area contributed by atoms with E-state index in [0.717, 1.165) is 11.1 Å². The highest BCUT2D eigenvalue weighted by molar-refractivity contribution is 7.89. The van der Waals surface area contributed by atoms with E-state index in [1.807, 2.05) is 13.0 Å². The molecule has 2 rings (SSSR count). The Morgan fingerprint density at radius 1 is 1.26 bits per heavy atom. The molecule has 0 saturated heterocycles. The van der Waals surface area contributed by atoms with Crippen molar-refractivity contribution in [1.82, 2.24) is 19.1 Å². The van der Waals surface area contributed by atoms with Gasteiger partial charge in [0.25, 0.3) is 0 Å². The van der Waals surface area contributed by atoms with Gasteiger partial charge in [-0.15, -0.1) is 0 Å². The summed E-state index contributed by atoms with van der Waals surface area (Å²) in [6.45, 7) is 2.46. The fourth-order valence-electron chi connectivity index (χ4n) is 1.67. The average molecular weight is 280 g/mol. The summed E-state index contributed by atoms with van der Waals surface area (Å²) in [7, 11) is -0.428. The normalized spacial score (nSPS) is 12.0. The zero-order valence-electron chi connectivity index (χ0n) is 11.1. The van der Waals surface area contributed by atoms with Crippen LogP contribution in [0.25, 0.3) is 0 Å². The van der Waals surface area contributed by atoms with Crippen LogP contribution < -0.4 is 0 Å². The topological polar surface area (TPSA) is 68.1 Å². The summed E-state index contributed by atoms with van der Waals surface area (Å²) >= 11 is 0. The molecule has 0 N–H and O–H groups in total. The summed E-state index contributed by atoms with van der Waals surface area (Å²) < 4.78 is 26.6. The molecular formula is C12H16N4O2S. The van der Waals surface area contributed by atoms with Gasteiger partial charge in [-0.1, -0.05) is 6.07 Å². The van der Waals surface area contributed by atoms with Crippen LogP contribution in [0.2, 0.25) is 0 Å². The van der Waals surface area contributed by atoms with Crippen LogP contribution in [-0.4, -0.2) is 41.6 Å². The van der Waals surface area contributed by atoms with Crippen molar-refractivity contribution in [2.75, 3.05) is 14.1 Å². The first kappa shape index (κ1) is 13.7. The van der Waals surface area contributed by atoms with Crippen LogP contribution in [0, 0.1) is 6.92 Å². The highest BCUT2D eigenvalue weighted by atomic mass is 32.2. The molecule has 0 aliphatic rings. The van der Waals surface area contributed by atoms with Crippen LogP contribution in [0.4, 0.5) is 0 Å². The fraction of sp³-hybridized carbons (Fsp3) is 0.333. The van der Waals surface area contributed by atoms with E-state index in [4.69, 9.17) is 0 Å². The Labute approximate surface area is 112 Å². The quantitative estimate of drug-likeness (QED) is 0.834. The molecule has 0 unspecified atom stereocenters. The number of aryl methyl sites for hydroxylation is 1. The second-order valence-electron chi connectivity index (χ2n) is 4.53. The minimum Gasteiger partial charge on any atom is -0.267 e. The van der Waals surface area contributed by atoms with Gasteiger partial charge >= 0.3 is 0 Å². The molecule has 2 aromatic heterocycles. The third-order valence-electron chi connectivity index (χ3n) is 2.66. The van der Waals surface area contributed by atoms with Crippen molar-refractivity contribution in [1.29, 1.82) is 0 Å². The molecule has 2 heterocycles. The highest BCUT2D eigenvalue weighted by Crippen LogP contribution is 2.12. The van der Waals surface area contributed by atoms with E-state index >= 15 is 0 Å². The minimum atomic E-state index is -3.42. The maximum absolute atomic E-state index is 11.9. The molecule has 0 saturated carbocycles. The lowest BCUT2D eigenvalue weighted by Gasteiger charge is -2.08. The Hall–Kier alpha value is -1.73. The lowest BCUT2D eigenvalue weighted by atomic mass is 10.2. The van der Waals surface area contributed by atoms with Crippen molar-refractivity contribution < 1.29 is 8.42 Å². The lowest BCUT2D eigenvalue weighted by Crippen LogP contribution is -2.21. The first-order valence-electron chi connectivity index (χ1n) is 5.75. The molecule has 19 heavy (non-hydrogen) atoms. The third kappa shape index (κ3) is 2.99. The Morgan fingerprint density at radius 2 is 2.00 bits per heavy atom. The summed E-state index contributed by atoms with van der Waals surface area (Å²) in [5.74, 6) is 0. The van der Waals surface area contributed by atoms with Crippen LogP contribution in [0.15, 0.2) is 35.7 Å². The molecule has 0 amide bonds. The first-order chi connectivity index (χ1) is 8.89. The molecule has 7 heteroatoms. The number of sulfonamides is 1. The van der Waals surface area contributed by atoms with Gasteiger partial charge in [-0.2, -0.15) is 5.10 Å². The van der Waals surface area contributed by atoms with Gasteiger partial charge in [0, 0.05) is 32.7 Å². The Bertz CT molecular complexity index is 677. The molecule has 0 bridgehead atoms. The van der Waals surface area contributed by atoms with Crippen molar-refractivity contribution in [2.24, 2.45) is 0 Å². The SMILES string of the molecule is Cc1cncc(Cn2cc(S(=O)(=O)N(C)C)cn2)c1. The van der Waals surface area contributed by atoms with E-state index in [0.29, 0.717) is 6.54 Å². The van der Waals surface area contributed by atoms with E-state index in [2.05, 4.69) is 10.1 Å². The largest absolute Gasteiger partial charge is 0.267 e. The van der Waals surface area contributed by atoms with Crippen LogP contribution in [-0.2, 0) is 16.6 Å². The van der Waals surface area contributed by atoms with Crippen molar-refractivity contribution >= 4 is 10.0 Å². The lowest BCUT2D eigenvalue weighted by molar-refractivity contribution is 0.520. The van der Waals surface area contributed by atoms with Gasteiger partial charge in [0.05, 0.1) is 12.7 Å². The molecule has 0 aromatic carbocycles. The molecule has 0 atom stereocenters. The molecule has 6 nitrogen and oxygen atoms in total. The summed E-state index contributed by atoms with van der Waals surface area (Å²) in [5, 5.41) is 4.07. The van der Waals surface area contributed by atoms with Crippen LogP contribution in [0.1, 0.15) is 11.1 Å². The number of hydrogen-bond donors (Lipinski definition) is 0. The number of rotatable bonds is 4. The number of pyridine rings is 1. The van der Waals surface area contributed by atoms with Gasteiger partial charge in [-0.25, -0.2) is 12.7 Å². The molecule has 0 fully saturated rings. The summed E-state index contributed by atoms with van der Waals surface area (Å²) in [6.07, 6.45) is 6.40. The fourth-order valence-corrected chi connectivity index (χ4v) is 2.52. The molecule has 102 valence electrons. The van der Waals surface area contributed by atoms with Crippen LogP contribution in [0.5, 0.6) is 0 Å². The monoisotopic (exact) mass is 280 g/mol. The van der Waals surface area contributed by atoms with E-state index in [1.54, 1.807) is 17.1 Å². The second-order valence-corrected chi connectivity index (χ2v) is 6.68. The van der Waals surface area contributed by atoms with Crippen LogP contribution in [0.3, 0.4) is 0 Å². The predicted octanol–water partition coefficient (Wildman–Crippen LogP) is 0.885. The Balaban J connectivity index is 2.23. The third-order valence-corrected chi connectivity index (χ3v) is 4.43.